The van der Waals surface area contributed by atoms with Crippen molar-refractivity contribution in [2.24, 2.45) is 5.92 Å². The summed E-state index contributed by atoms with van der Waals surface area (Å²) in [4.78, 5) is 24.4. The van der Waals surface area contributed by atoms with E-state index in [0.717, 1.165) is 11.3 Å². The number of halogens is 2. The number of nitrogens with one attached hydrogen (secondary N) is 1. The Morgan fingerprint density at radius 3 is 2.88 bits per heavy atom. The van der Waals surface area contributed by atoms with Gasteiger partial charge in [0, 0.05) is 13.1 Å². The van der Waals surface area contributed by atoms with Crippen molar-refractivity contribution in [1.82, 2.24) is 15.1 Å². The van der Waals surface area contributed by atoms with Crippen LogP contribution in [0.4, 0.5) is 14.3 Å². The van der Waals surface area contributed by atoms with Crippen molar-refractivity contribution in [2.75, 3.05) is 18.4 Å². The number of urea groups is 1. The number of aromatic nitrogens is 2. The number of carboxylic acid groups (broad SMARTS) is 1. The minimum Gasteiger partial charge on any atom is -0.481 e. The number of aliphatic carboxylic acids is 1. The Bertz CT molecular complexity index is 780. The lowest BCUT2D eigenvalue weighted by Gasteiger charge is -2.14. The zero-order valence-corrected chi connectivity index (χ0v) is 13.8. The van der Waals surface area contributed by atoms with Gasteiger partial charge in [-0.05, 0) is 18.6 Å². The van der Waals surface area contributed by atoms with E-state index >= 15 is 0 Å². The van der Waals surface area contributed by atoms with E-state index in [9.17, 15) is 14.0 Å². The summed E-state index contributed by atoms with van der Waals surface area (Å²) in [7, 11) is 0. The molecule has 2 heterocycles. The van der Waals surface area contributed by atoms with Crippen LogP contribution in [0, 0.1) is 11.7 Å². The molecule has 1 saturated heterocycles. The molecule has 1 atom stereocenters. The van der Waals surface area contributed by atoms with E-state index in [1.807, 2.05) is 0 Å². The van der Waals surface area contributed by atoms with Crippen molar-refractivity contribution in [3.8, 4) is 10.6 Å². The molecule has 1 fully saturated rings. The quantitative estimate of drug-likeness (QED) is 0.866. The van der Waals surface area contributed by atoms with Crippen molar-refractivity contribution in [1.29, 1.82) is 0 Å². The predicted molar refractivity (Wildman–Crippen MR) is 86.6 cm³/mol. The van der Waals surface area contributed by atoms with Crippen LogP contribution in [0.3, 0.4) is 0 Å². The Morgan fingerprint density at radius 2 is 2.21 bits per heavy atom. The van der Waals surface area contributed by atoms with Crippen LogP contribution in [0.2, 0.25) is 5.02 Å². The Labute approximate surface area is 145 Å². The number of amides is 2. The van der Waals surface area contributed by atoms with Crippen molar-refractivity contribution in [3.05, 3.63) is 29.0 Å². The standard InChI is InChI=1S/C14H12ClFN4O3S/c15-8-2-1-3-9(16)10(8)11-18-19-13(24-11)17-14(23)20-5-4-7(6-20)12(21)22/h1-3,7H,4-6H2,(H,21,22)(H,17,19,23). The number of rotatable bonds is 3. The monoisotopic (exact) mass is 370 g/mol. The molecule has 1 aromatic carbocycles. The Balaban J connectivity index is 1.71. The lowest BCUT2D eigenvalue weighted by atomic mass is 10.1. The summed E-state index contributed by atoms with van der Waals surface area (Å²) in [5.74, 6) is -2.00. The molecule has 7 nitrogen and oxygen atoms in total. The normalized spacial score (nSPS) is 17.1. The zero-order chi connectivity index (χ0) is 17.3. The Hall–Kier alpha value is -2.26. The average Bonchev–Trinajstić information content (AvgIpc) is 3.16. The van der Waals surface area contributed by atoms with Crippen LogP contribution < -0.4 is 5.32 Å². The number of hydrogen-bond donors (Lipinski definition) is 2. The van der Waals surface area contributed by atoms with Gasteiger partial charge in [0.05, 0.1) is 16.5 Å². The molecule has 1 unspecified atom stereocenters. The summed E-state index contributed by atoms with van der Waals surface area (Å²) in [6, 6.07) is 3.82. The summed E-state index contributed by atoms with van der Waals surface area (Å²) in [6.07, 6.45) is 0.412. The second-order valence-electron chi connectivity index (χ2n) is 5.21. The fraction of sp³-hybridized carbons (Fsp3) is 0.286. The lowest BCUT2D eigenvalue weighted by molar-refractivity contribution is -0.141. The average molecular weight is 371 g/mol. The van der Waals surface area contributed by atoms with Gasteiger partial charge >= 0.3 is 12.0 Å². The van der Waals surface area contributed by atoms with E-state index in [0.29, 0.717) is 13.0 Å². The van der Waals surface area contributed by atoms with Gasteiger partial charge in [-0.15, -0.1) is 10.2 Å². The first-order valence-electron chi connectivity index (χ1n) is 7.02. The highest BCUT2D eigenvalue weighted by Crippen LogP contribution is 2.34. The van der Waals surface area contributed by atoms with E-state index < -0.39 is 23.7 Å². The van der Waals surface area contributed by atoms with Gasteiger partial charge in [-0.25, -0.2) is 9.18 Å². The summed E-state index contributed by atoms with van der Waals surface area (Å²) in [5.41, 5.74) is 0.129. The maximum Gasteiger partial charge on any atom is 0.323 e. The number of likely N-dealkylation sites (tertiary alicyclic amines) is 1. The summed E-state index contributed by atoms with van der Waals surface area (Å²) in [6.45, 7) is 0.500. The van der Waals surface area contributed by atoms with Gasteiger partial charge in [0.2, 0.25) is 5.13 Å². The van der Waals surface area contributed by atoms with Crippen molar-refractivity contribution in [3.63, 3.8) is 0 Å². The molecule has 0 saturated carbocycles. The molecular formula is C14H12ClFN4O3S. The van der Waals surface area contributed by atoms with Gasteiger partial charge in [0.25, 0.3) is 0 Å². The fourth-order valence-corrected chi connectivity index (χ4v) is 3.50. The summed E-state index contributed by atoms with van der Waals surface area (Å²) >= 11 is 6.96. The second kappa shape index (κ2) is 6.70. The molecule has 3 rings (SSSR count). The Kier molecular flexibility index (Phi) is 4.63. The third kappa shape index (κ3) is 3.31. The van der Waals surface area contributed by atoms with Gasteiger partial charge in [0.15, 0.2) is 5.01 Å². The number of carbonyl (C=O) groups excluding carboxylic acids is 1. The highest BCUT2D eigenvalue weighted by Gasteiger charge is 2.31. The van der Waals surface area contributed by atoms with E-state index in [2.05, 4.69) is 15.5 Å². The Morgan fingerprint density at radius 1 is 1.42 bits per heavy atom. The molecule has 0 radical (unpaired) electrons. The van der Waals surface area contributed by atoms with Gasteiger partial charge in [-0.2, -0.15) is 0 Å². The molecule has 0 bridgehead atoms. The summed E-state index contributed by atoms with van der Waals surface area (Å²) in [5, 5.41) is 19.8. The minimum atomic E-state index is -0.919. The molecule has 2 aromatic rings. The van der Waals surface area contributed by atoms with Gasteiger partial charge in [0.1, 0.15) is 5.82 Å². The molecule has 0 spiro atoms. The third-order valence-corrected chi connectivity index (χ3v) is 4.81. The van der Waals surface area contributed by atoms with Crippen molar-refractivity contribution >= 4 is 40.1 Å². The molecule has 24 heavy (non-hydrogen) atoms. The fourth-order valence-electron chi connectivity index (χ4n) is 2.39. The van der Waals surface area contributed by atoms with Gasteiger partial charge in [-0.3, -0.25) is 10.1 Å². The SMILES string of the molecule is O=C(O)C1CCN(C(=O)Nc2nnc(-c3c(F)cccc3Cl)s2)C1. The first-order valence-corrected chi connectivity index (χ1v) is 8.21. The van der Waals surface area contributed by atoms with Crippen LogP contribution >= 0.6 is 22.9 Å². The van der Waals surface area contributed by atoms with E-state index in [-0.39, 0.29) is 27.3 Å². The molecule has 1 aliphatic heterocycles. The summed E-state index contributed by atoms with van der Waals surface area (Å²) < 4.78 is 13.9. The molecule has 0 aliphatic carbocycles. The number of nitrogens with zero attached hydrogens (tertiary/aromatic N) is 3. The molecule has 10 heteroatoms. The number of benzene rings is 1. The maximum atomic E-state index is 13.9. The lowest BCUT2D eigenvalue weighted by Crippen LogP contribution is -2.33. The first kappa shape index (κ1) is 16.6. The van der Waals surface area contributed by atoms with E-state index in [1.54, 1.807) is 0 Å². The smallest absolute Gasteiger partial charge is 0.323 e. The minimum absolute atomic E-state index is 0.129. The number of hydrogen-bond acceptors (Lipinski definition) is 5. The highest BCUT2D eigenvalue weighted by atomic mass is 35.5. The van der Waals surface area contributed by atoms with Crippen LogP contribution in [-0.4, -0.2) is 45.3 Å². The molecule has 2 amide bonds. The van der Waals surface area contributed by atoms with Crippen molar-refractivity contribution < 1.29 is 19.1 Å². The molecular weight excluding hydrogens is 359 g/mol. The van der Waals surface area contributed by atoms with Gasteiger partial charge < -0.3 is 10.0 Å². The largest absolute Gasteiger partial charge is 0.481 e. The second-order valence-corrected chi connectivity index (χ2v) is 6.59. The molecule has 1 aromatic heterocycles. The van der Waals surface area contributed by atoms with E-state index in [1.165, 1.54) is 23.1 Å². The number of carboxylic acids is 1. The van der Waals surface area contributed by atoms with Crippen LogP contribution in [0.15, 0.2) is 18.2 Å². The highest BCUT2D eigenvalue weighted by molar-refractivity contribution is 7.18. The third-order valence-electron chi connectivity index (χ3n) is 3.64. The topological polar surface area (TPSA) is 95.4 Å². The first-order chi connectivity index (χ1) is 11.5. The molecule has 1 aliphatic rings. The molecule has 2 N–H and O–H groups in total. The number of anilines is 1. The molecule has 126 valence electrons. The number of carbonyl (C=O) groups is 2. The van der Waals surface area contributed by atoms with Crippen LogP contribution in [0.1, 0.15) is 6.42 Å². The zero-order valence-electron chi connectivity index (χ0n) is 12.2. The van der Waals surface area contributed by atoms with E-state index in [4.69, 9.17) is 16.7 Å². The van der Waals surface area contributed by atoms with Crippen LogP contribution in [0.25, 0.3) is 10.6 Å². The van der Waals surface area contributed by atoms with Crippen LogP contribution in [-0.2, 0) is 4.79 Å². The van der Waals surface area contributed by atoms with Crippen molar-refractivity contribution in [2.45, 2.75) is 6.42 Å². The van der Waals surface area contributed by atoms with Gasteiger partial charge in [-0.1, -0.05) is 29.0 Å². The van der Waals surface area contributed by atoms with Crippen LogP contribution in [0.5, 0.6) is 0 Å². The maximum absolute atomic E-state index is 13.9. The predicted octanol–water partition coefficient (Wildman–Crippen LogP) is 2.94.